The number of carbonyl (C=O) groups is 2. The number of rotatable bonds is 16. The average Bonchev–Trinajstić information content (AvgIpc) is 3.84. The van der Waals surface area contributed by atoms with E-state index in [-0.39, 0.29) is 52.5 Å². The van der Waals surface area contributed by atoms with Crippen LogP contribution >= 0.6 is 0 Å². The number of halogens is 4. The van der Waals surface area contributed by atoms with E-state index in [0.717, 1.165) is 30.7 Å². The molecule has 0 saturated heterocycles. The lowest BCUT2D eigenvalue weighted by atomic mass is 10.1. The number of hydrogen-bond acceptors (Lipinski definition) is 11. The van der Waals surface area contributed by atoms with Crippen LogP contribution in [0, 0.1) is 0 Å². The molecule has 292 valence electrons. The number of pyridine rings is 2. The highest BCUT2D eigenvalue weighted by Gasteiger charge is 2.28. The number of nitrogens with zero attached hydrogens (tertiary/aromatic N) is 8. The molecule has 0 spiro atoms. The van der Waals surface area contributed by atoms with Crippen molar-refractivity contribution < 1.29 is 41.4 Å². The Kier molecular flexibility index (Phi) is 11.0. The minimum absolute atomic E-state index is 0.00348. The van der Waals surface area contributed by atoms with Crippen molar-refractivity contribution in [3.63, 3.8) is 0 Å². The molecule has 0 radical (unpaired) electrons. The molecule has 1 aliphatic rings. The normalized spacial score (nSPS) is 13.4. The lowest BCUT2D eigenvalue weighted by Gasteiger charge is -2.19. The summed E-state index contributed by atoms with van der Waals surface area (Å²) in [6.45, 7) is 4.01. The van der Waals surface area contributed by atoms with E-state index in [1.54, 1.807) is 35.2 Å². The Bertz CT molecular complexity index is 2400. The number of methoxy groups -OCH3 is 1. The van der Waals surface area contributed by atoms with Gasteiger partial charge < -0.3 is 24.8 Å². The third kappa shape index (κ3) is 8.51. The van der Waals surface area contributed by atoms with Crippen LogP contribution in [0.1, 0.15) is 107 Å². The van der Waals surface area contributed by atoms with Gasteiger partial charge in [-0.15, -0.1) is 0 Å². The van der Waals surface area contributed by atoms with Crippen LogP contribution < -0.4 is 20.1 Å². The molecule has 1 aliphatic carbocycles. The van der Waals surface area contributed by atoms with Crippen molar-refractivity contribution in [3.05, 3.63) is 94.8 Å². The Labute approximate surface area is 316 Å². The molecular formula is C37H36F4N10O5. The van der Waals surface area contributed by atoms with E-state index < -0.39 is 42.2 Å². The maximum atomic E-state index is 14.2. The molecule has 1 atom stereocenters. The van der Waals surface area contributed by atoms with Crippen molar-refractivity contribution in [2.24, 2.45) is 0 Å². The molecule has 19 heteroatoms. The van der Waals surface area contributed by atoms with Crippen molar-refractivity contribution in [2.75, 3.05) is 31.0 Å². The van der Waals surface area contributed by atoms with Crippen molar-refractivity contribution in [1.82, 2.24) is 38.7 Å². The van der Waals surface area contributed by atoms with E-state index in [0.29, 0.717) is 36.8 Å². The highest BCUT2D eigenvalue weighted by atomic mass is 19.3. The Morgan fingerprint density at radius 1 is 0.821 bits per heavy atom. The van der Waals surface area contributed by atoms with E-state index in [1.807, 2.05) is 6.20 Å². The Balaban J connectivity index is 1.19. The summed E-state index contributed by atoms with van der Waals surface area (Å²) >= 11 is 0. The van der Waals surface area contributed by atoms with Gasteiger partial charge in [0.2, 0.25) is 23.3 Å². The van der Waals surface area contributed by atoms with Crippen molar-refractivity contribution in [1.29, 1.82) is 0 Å². The van der Waals surface area contributed by atoms with E-state index in [1.165, 1.54) is 31.3 Å². The molecule has 56 heavy (non-hydrogen) atoms. The molecule has 1 unspecified atom stereocenters. The number of alkyl halides is 4. The summed E-state index contributed by atoms with van der Waals surface area (Å²) < 4.78 is 75.4. The van der Waals surface area contributed by atoms with Gasteiger partial charge in [0, 0.05) is 44.4 Å². The van der Waals surface area contributed by atoms with Crippen LogP contribution in [-0.4, -0.2) is 70.8 Å². The van der Waals surface area contributed by atoms with Gasteiger partial charge in [-0.05, 0) is 69.4 Å². The largest absolute Gasteiger partial charge is 0.476 e. The van der Waals surface area contributed by atoms with Gasteiger partial charge >= 0.3 is 0 Å². The maximum Gasteiger partial charge on any atom is 0.280 e. The average molecular weight is 777 g/mol. The number of amides is 2. The number of aryl methyl sites for hydroxylation is 1. The van der Waals surface area contributed by atoms with Crippen LogP contribution in [-0.2, 0) is 11.2 Å². The molecule has 15 nitrogen and oxygen atoms in total. The summed E-state index contributed by atoms with van der Waals surface area (Å²) in [5.74, 6) is -0.817. The number of ether oxygens (including phenoxy) is 3. The summed E-state index contributed by atoms with van der Waals surface area (Å²) in [5.41, 5.74) is -0.103. The smallest absolute Gasteiger partial charge is 0.280 e. The van der Waals surface area contributed by atoms with Gasteiger partial charge in [-0.3, -0.25) is 18.4 Å². The highest BCUT2D eigenvalue weighted by molar-refractivity contribution is 6.04. The number of nitrogens with one attached hydrogen (secondary N) is 2. The molecule has 0 aromatic carbocycles. The highest BCUT2D eigenvalue weighted by Crippen LogP contribution is 2.39. The van der Waals surface area contributed by atoms with Crippen molar-refractivity contribution in [3.8, 4) is 11.8 Å². The molecule has 6 aromatic heterocycles. The molecule has 1 fully saturated rings. The summed E-state index contributed by atoms with van der Waals surface area (Å²) in [6, 6.07) is 6.02. The van der Waals surface area contributed by atoms with E-state index in [9.17, 15) is 27.2 Å². The number of carbonyl (C=O) groups excluding carboxylic acids is 2. The zero-order chi connectivity index (χ0) is 39.5. The van der Waals surface area contributed by atoms with Crippen LogP contribution in [0.5, 0.6) is 11.8 Å². The predicted octanol–water partition coefficient (Wildman–Crippen LogP) is 6.94. The second-order valence-corrected chi connectivity index (χ2v) is 13.0. The summed E-state index contributed by atoms with van der Waals surface area (Å²) in [7, 11) is 1.58. The molecule has 0 aliphatic heterocycles. The van der Waals surface area contributed by atoms with Crippen molar-refractivity contribution >= 4 is 34.7 Å². The quantitative estimate of drug-likeness (QED) is 0.0771. The van der Waals surface area contributed by atoms with Crippen molar-refractivity contribution in [2.45, 2.75) is 64.4 Å². The summed E-state index contributed by atoms with van der Waals surface area (Å²) in [6.07, 6.45) is 2.82. The van der Waals surface area contributed by atoms with Gasteiger partial charge in [0.25, 0.3) is 24.7 Å². The number of fused-ring (bicyclic) bond motifs is 2. The Morgan fingerprint density at radius 2 is 1.48 bits per heavy atom. The zero-order valence-electron chi connectivity index (χ0n) is 30.4. The monoisotopic (exact) mass is 776 g/mol. The first kappa shape index (κ1) is 38.1. The first-order valence-electron chi connectivity index (χ1n) is 17.7. The van der Waals surface area contributed by atoms with Crippen LogP contribution in [0.4, 0.5) is 28.9 Å². The van der Waals surface area contributed by atoms with Gasteiger partial charge in [0.05, 0.1) is 18.0 Å². The van der Waals surface area contributed by atoms with Gasteiger partial charge in [-0.25, -0.2) is 37.5 Å². The zero-order valence-corrected chi connectivity index (χ0v) is 30.4. The third-order valence-electron chi connectivity index (χ3n) is 8.76. The fourth-order valence-corrected chi connectivity index (χ4v) is 5.83. The Hall–Kier alpha value is -6.24. The number of anilines is 2. The second-order valence-electron chi connectivity index (χ2n) is 13.0. The number of aromatic nitrogens is 8. The number of imidazole rings is 2. The fourth-order valence-electron chi connectivity index (χ4n) is 5.83. The molecule has 0 bridgehead atoms. The number of hydrogen-bond donors (Lipinski definition) is 2. The molecule has 6 heterocycles. The Morgan fingerprint density at radius 3 is 2.18 bits per heavy atom. The van der Waals surface area contributed by atoms with Crippen LogP contribution in [0.3, 0.4) is 0 Å². The van der Waals surface area contributed by atoms with Crippen LogP contribution in [0.25, 0.3) is 11.6 Å². The molecule has 1 saturated carbocycles. The van der Waals surface area contributed by atoms with E-state index >= 15 is 0 Å². The standard InChI is InChI=1S/C37H36F4N10O5/c1-4-55-34-28(17-51-16-27(20-10-11-20)47-37(51)48-34)45-33(53)26-14-21(13-25(44-26)31(40)41)19(2)56-35-29(46-32(52)24-9-5-8-23(43-24)30(38)39)18-50-15-22(7-6-12-54-3)42-36(50)49-35/h5,8-9,13-20,30-31H,4,6-7,10-12H2,1-3H3,(H,45,53)(H,46,52). The fraction of sp³-hybridized carbons (Fsp3) is 0.351. The molecule has 7 rings (SSSR count). The summed E-state index contributed by atoms with van der Waals surface area (Å²) in [5, 5.41) is 5.29. The third-order valence-corrected chi connectivity index (χ3v) is 8.76. The minimum atomic E-state index is -3.06. The summed E-state index contributed by atoms with van der Waals surface area (Å²) in [4.78, 5) is 52.6. The molecule has 2 N–H and O–H groups in total. The topological polar surface area (TPSA) is 172 Å². The van der Waals surface area contributed by atoms with Gasteiger partial charge in [-0.2, -0.15) is 9.97 Å². The first-order chi connectivity index (χ1) is 27.0. The lowest BCUT2D eigenvalue weighted by Crippen LogP contribution is -2.19. The maximum absolute atomic E-state index is 14.2. The minimum Gasteiger partial charge on any atom is -0.476 e. The van der Waals surface area contributed by atoms with E-state index in [2.05, 4.69) is 40.5 Å². The van der Waals surface area contributed by atoms with Gasteiger partial charge in [0.1, 0.15) is 40.3 Å². The SMILES string of the molecule is CCOc1nc2nc(C3CC3)cn2cc1NC(=O)c1cc(C(C)Oc2nc3nc(CCCOC)cn3cc2NC(=O)c2cccc(C(F)F)n2)cc(C(F)F)n1. The van der Waals surface area contributed by atoms with Crippen LogP contribution in [0.15, 0.2) is 55.1 Å². The molecule has 6 aromatic rings. The second kappa shape index (κ2) is 16.2. The predicted molar refractivity (Wildman–Crippen MR) is 193 cm³/mol. The molecule has 2 amide bonds. The van der Waals surface area contributed by atoms with E-state index in [4.69, 9.17) is 14.2 Å². The lowest BCUT2D eigenvalue weighted by molar-refractivity contribution is 0.100. The van der Waals surface area contributed by atoms with Gasteiger partial charge in [0.15, 0.2) is 0 Å². The first-order valence-corrected chi connectivity index (χ1v) is 17.7. The molecular weight excluding hydrogens is 740 g/mol. The van der Waals surface area contributed by atoms with Crippen LogP contribution in [0.2, 0.25) is 0 Å². The van der Waals surface area contributed by atoms with Gasteiger partial charge in [-0.1, -0.05) is 6.07 Å².